The van der Waals surface area contributed by atoms with Gasteiger partial charge in [0.05, 0.1) is 22.0 Å². The maximum absolute atomic E-state index is 13.5. The predicted octanol–water partition coefficient (Wildman–Crippen LogP) is 5.45. The van der Waals surface area contributed by atoms with Gasteiger partial charge in [0.1, 0.15) is 5.54 Å². The van der Waals surface area contributed by atoms with E-state index in [2.05, 4.69) is 4.98 Å². The maximum atomic E-state index is 13.5. The van der Waals surface area contributed by atoms with Gasteiger partial charge in [0.15, 0.2) is 0 Å². The van der Waals surface area contributed by atoms with Gasteiger partial charge in [0.2, 0.25) is 0 Å². The molecule has 1 aliphatic heterocycles. The number of aromatic nitrogens is 1. The zero-order chi connectivity index (χ0) is 26.0. The first-order chi connectivity index (χ1) is 16.9. The van der Waals surface area contributed by atoms with Crippen LogP contribution in [0.25, 0.3) is 11.3 Å². The molecule has 2 unspecified atom stereocenters. The van der Waals surface area contributed by atoms with Gasteiger partial charge in [-0.3, -0.25) is 14.7 Å². The lowest BCUT2D eigenvalue weighted by atomic mass is 10.1. The largest absolute Gasteiger partial charge is 0.501 e. The number of anilines is 2. The Hall–Kier alpha value is -3.44. The van der Waals surface area contributed by atoms with Crippen molar-refractivity contribution in [1.82, 2.24) is 4.98 Å². The molecule has 0 N–H and O–H groups in total. The summed E-state index contributed by atoms with van der Waals surface area (Å²) in [5.41, 5.74) is -4.92. The molecule has 0 radical (unpaired) electrons. The summed E-state index contributed by atoms with van der Waals surface area (Å²) < 4.78 is 62.0. The Morgan fingerprint density at radius 3 is 2.17 bits per heavy atom. The second-order valence-corrected chi connectivity index (χ2v) is 11.0. The second kappa shape index (κ2) is 8.04. The minimum atomic E-state index is -5.56. The van der Waals surface area contributed by atoms with E-state index in [1.807, 2.05) is 6.92 Å². The number of amides is 3. The zero-order valence-corrected chi connectivity index (χ0v) is 20.1. The highest BCUT2D eigenvalue weighted by Crippen LogP contribution is 2.55. The molecule has 1 saturated heterocycles. The molecule has 2 atom stereocenters. The van der Waals surface area contributed by atoms with E-state index in [-0.39, 0.29) is 11.6 Å². The normalized spacial score (nSPS) is 22.0. The molecule has 0 bridgehead atoms. The predicted molar refractivity (Wildman–Crippen MR) is 126 cm³/mol. The topological polar surface area (TPSA) is 87.7 Å². The summed E-state index contributed by atoms with van der Waals surface area (Å²) in [6.07, 6.45) is 1.91. The van der Waals surface area contributed by atoms with Crippen molar-refractivity contribution in [3.05, 3.63) is 71.9 Å². The number of alkyl halides is 3. The third-order valence-corrected chi connectivity index (χ3v) is 8.23. The summed E-state index contributed by atoms with van der Waals surface area (Å²) in [4.78, 5) is 32.6. The quantitative estimate of drug-likeness (QED) is 0.415. The summed E-state index contributed by atoms with van der Waals surface area (Å²) in [5.74, 6) is -0.702. The van der Waals surface area contributed by atoms with Gasteiger partial charge >= 0.3 is 11.5 Å². The number of pyridine rings is 1. The van der Waals surface area contributed by atoms with Gasteiger partial charge in [-0.1, -0.05) is 30.7 Å². The molecule has 1 spiro atoms. The minimum Gasteiger partial charge on any atom is -0.278 e. The lowest BCUT2D eigenvalue weighted by Crippen LogP contribution is -2.39. The number of benzene rings is 2. The van der Waals surface area contributed by atoms with Gasteiger partial charge < -0.3 is 0 Å². The fourth-order valence-electron chi connectivity index (χ4n) is 4.48. The lowest BCUT2D eigenvalue weighted by Gasteiger charge is -2.22. The Morgan fingerprint density at radius 1 is 1.00 bits per heavy atom. The van der Waals surface area contributed by atoms with Crippen molar-refractivity contribution in [3.63, 3.8) is 0 Å². The third-order valence-electron chi connectivity index (χ3n) is 6.48. The highest BCUT2D eigenvalue weighted by molar-refractivity contribution is 7.92. The third kappa shape index (κ3) is 3.56. The summed E-state index contributed by atoms with van der Waals surface area (Å²) in [6, 6.07) is 13.0. The number of halogens is 4. The number of nitrogens with zero attached hydrogens (tertiary/aromatic N) is 3. The van der Waals surface area contributed by atoms with E-state index in [1.54, 1.807) is 36.4 Å². The number of hydrogen-bond acceptors (Lipinski definition) is 5. The average molecular weight is 536 g/mol. The van der Waals surface area contributed by atoms with E-state index in [1.165, 1.54) is 11.1 Å². The Labute approximate surface area is 209 Å². The standard InChI is InChI=1S/C24H17ClF3N3O4S/c1-14-13-23(14)21(32)30(17-6-8-19(9-7-17)36(34,35)24(26,27)28)22(33)31(23)18-10-11-29-20(12-18)15-2-4-16(25)5-3-15/h2-12,14H,13H2,1H3. The molecule has 2 fully saturated rings. The molecule has 186 valence electrons. The molecular weight excluding hydrogens is 519 g/mol. The van der Waals surface area contributed by atoms with Crippen LogP contribution < -0.4 is 9.80 Å². The van der Waals surface area contributed by atoms with Gasteiger partial charge in [0, 0.05) is 16.8 Å². The van der Waals surface area contributed by atoms with Crippen molar-refractivity contribution in [1.29, 1.82) is 0 Å². The molecule has 2 aromatic carbocycles. The van der Waals surface area contributed by atoms with Crippen LogP contribution in [-0.4, -0.2) is 36.4 Å². The molecule has 5 rings (SSSR count). The van der Waals surface area contributed by atoms with Crippen molar-refractivity contribution in [3.8, 4) is 11.3 Å². The van der Waals surface area contributed by atoms with Crippen LogP contribution in [0.1, 0.15) is 13.3 Å². The highest BCUT2D eigenvalue weighted by Gasteiger charge is 2.70. The number of carbonyl (C=O) groups is 2. The van der Waals surface area contributed by atoms with Crippen molar-refractivity contribution in [2.24, 2.45) is 5.92 Å². The van der Waals surface area contributed by atoms with Gasteiger partial charge in [-0.2, -0.15) is 13.2 Å². The molecule has 3 aromatic rings. The number of rotatable bonds is 4. The van der Waals surface area contributed by atoms with Gasteiger partial charge in [-0.15, -0.1) is 0 Å². The van der Waals surface area contributed by atoms with Crippen LogP contribution in [0.5, 0.6) is 0 Å². The zero-order valence-electron chi connectivity index (χ0n) is 18.5. The fraction of sp³-hybridized carbons (Fsp3) is 0.208. The van der Waals surface area contributed by atoms with Crippen molar-refractivity contribution >= 4 is 44.8 Å². The van der Waals surface area contributed by atoms with Crippen LogP contribution in [0, 0.1) is 5.92 Å². The summed E-state index contributed by atoms with van der Waals surface area (Å²) in [7, 11) is -5.56. The number of sulfone groups is 1. The van der Waals surface area contributed by atoms with Crippen LogP contribution in [-0.2, 0) is 14.6 Å². The molecule has 2 heterocycles. The van der Waals surface area contributed by atoms with E-state index < -0.39 is 37.7 Å². The van der Waals surface area contributed by atoms with Crippen LogP contribution in [0.3, 0.4) is 0 Å². The first-order valence-electron chi connectivity index (χ1n) is 10.7. The van der Waals surface area contributed by atoms with Crippen LogP contribution in [0.4, 0.5) is 29.3 Å². The van der Waals surface area contributed by atoms with Gasteiger partial charge in [0.25, 0.3) is 15.7 Å². The van der Waals surface area contributed by atoms with Crippen molar-refractivity contribution in [2.45, 2.75) is 29.3 Å². The maximum Gasteiger partial charge on any atom is 0.501 e. The van der Waals surface area contributed by atoms with Crippen molar-refractivity contribution in [2.75, 3.05) is 9.80 Å². The summed E-state index contributed by atoms with van der Waals surface area (Å²) in [6.45, 7) is 1.82. The smallest absolute Gasteiger partial charge is 0.278 e. The Kier molecular flexibility index (Phi) is 5.42. The first-order valence-corrected chi connectivity index (χ1v) is 12.6. The minimum absolute atomic E-state index is 0.0286. The lowest BCUT2D eigenvalue weighted by molar-refractivity contribution is -0.119. The number of urea groups is 1. The molecule has 3 amide bonds. The molecular formula is C24H17ClF3N3O4S. The monoisotopic (exact) mass is 535 g/mol. The SMILES string of the molecule is CC1CC12C(=O)N(c1ccc(S(=O)(=O)C(F)(F)F)cc1)C(=O)N2c1ccnc(-c2ccc(Cl)cc2)c1. The number of hydrogen-bond donors (Lipinski definition) is 0. The van der Waals surface area contributed by atoms with Crippen LogP contribution in [0.15, 0.2) is 71.8 Å². The number of carbonyl (C=O) groups excluding carboxylic acids is 2. The Morgan fingerprint density at radius 2 is 1.61 bits per heavy atom. The van der Waals surface area contributed by atoms with E-state index >= 15 is 0 Å². The van der Waals surface area contributed by atoms with Crippen molar-refractivity contribution < 1.29 is 31.2 Å². The summed E-state index contributed by atoms with van der Waals surface area (Å²) in [5, 5.41) is 0.547. The van der Waals surface area contributed by atoms with E-state index in [0.717, 1.165) is 34.7 Å². The van der Waals surface area contributed by atoms with Crippen LogP contribution in [0.2, 0.25) is 5.02 Å². The fourth-order valence-corrected chi connectivity index (χ4v) is 5.37. The molecule has 1 aromatic heterocycles. The molecule has 12 heteroatoms. The first kappa shape index (κ1) is 24.3. The highest BCUT2D eigenvalue weighted by atomic mass is 35.5. The molecule has 36 heavy (non-hydrogen) atoms. The Balaban J connectivity index is 1.52. The van der Waals surface area contributed by atoms with E-state index in [0.29, 0.717) is 22.8 Å². The Bertz CT molecular complexity index is 1490. The second-order valence-electron chi connectivity index (χ2n) is 8.64. The van der Waals surface area contributed by atoms with Gasteiger partial charge in [-0.25, -0.2) is 18.1 Å². The molecule has 7 nitrogen and oxygen atoms in total. The average Bonchev–Trinajstić information content (AvgIpc) is 3.44. The molecule has 1 aliphatic carbocycles. The van der Waals surface area contributed by atoms with E-state index in [4.69, 9.17) is 11.6 Å². The molecule has 1 saturated carbocycles. The summed E-state index contributed by atoms with van der Waals surface area (Å²) >= 11 is 5.96. The van der Waals surface area contributed by atoms with Crippen LogP contribution >= 0.6 is 11.6 Å². The molecule has 2 aliphatic rings. The van der Waals surface area contributed by atoms with Gasteiger partial charge in [-0.05, 0) is 60.9 Å². The van der Waals surface area contributed by atoms with E-state index in [9.17, 15) is 31.2 Å². The number of imide groups is 1.